The number of carbonyl (C=O) groups excluding carboxylic acids is 1. The molecule has 0 N–H and O–H groups in total. The van der Waals surface area contributed by atoms with Gasteiger partial charge in [-0.3, -0.25) is 0 Å². The van der Waals surface area contributed by atoms with Gasteiger partial charge in [0, 0.05) is 5.57 Å². The normalized spacial score (nSPS) is 12.2. The van der Waals surface area contributed by atoms with Crippen LogP contribution in [-0.4, -0.2) is 12.6 Å². The van der Waals surface area contributed by atoms with Crippen molar-refractivity contribution in [1.29, 1.82) is 0 Å². The van der Waals surface area contributed by atoms with Crippen molar-refractivity contribution in [3.8, 4) is 0 Å². The highest BCUT2D eigenvalue weighted by Crippen LogP contribution is 2.18. The summed E-state index contributed by atoms with van der Waals surface area (Å²) in [4.78, 5) is 12.4. The molecule has 0 saturated carbocycles. The van der Waals surface area contributed by atoms with Gasteiger partial charge in [0.15, 0.2) is 0 Å². The summed E-state index contributed by atoms with van der Waals surface area (Å²) in [5.41, 5.74) is 5.44. The number of hydrogen-bond donors (Lipinski definition) is 0. The minimum Gasteiger partial charge on any atom is -0.458 e. The van der Waals surface area contributed by atoms with E-state index >= 15 is 0 Å². The number of benzene rings is 2. The Bertz CT molecular complexity index is 807. The molecule has 0 bridgehead atoms. The minimum absolute atomic E-state index is 0.254. The summed E-state index contributed by atoms with van der Waals surface area (Å²) in [7, 11) is 0. The van der Waals surface area contributed by atoms with Gasteiger partial charge in [-0.05, 0) is 52.7 Å². The third-order valence-corrected chi connectivity index (χ3v) is 4.81. The summed E-state index contributed by atoms with van der Waals surface area (Å²) >= 11 is 0. The van der Waals surface area contributed by atoms with Gasteiger partial charge in [0.1, 0.15) is 6.61 Å². The molecular formula is C26H32O2. The fraction of sp³-hybridized carbons (Fsp3) is 0.346. The van der Waals surface area contributed by atoms with Crippen LogP contribution in [0, 0.1) is 0 Å². The number of carbonyl (C=O) groups is 1. The molecule has 0 aliphatic rings. The molecule has 28 heavy (non-hydrogen) atoms. The minimum atomic E-state index is -0.254. The second kappa shape index (κ2) is 10.7. The zero-order valence-electron chi connectivity index (χ0n) is 17.7. The van der Waals surface area contributed by atoms with Crippen molar-refractivity contribution in [3.63, 3.8) is 0 Å². The number of hydrogen-bond acceptors (Lipinski definition) is 2. The van der Waals surface area contributed by atoms with E-state index < -0.39 is 0 Å². The molecule has 0 amide bonds. The van der Waals surface area contributed by atoms with E-state index in [9.17, 15) is 4.79 Å². The van der Waals surface area contributed by atoms with Crippen molar-refractivity contribution in [2.75, 3.05) is 6.61 Å². The van der Waals surface area contributed by atoms with Gasteiger partial charge in [0.25, 0.3) is 0 Å². The molecule has 0 aliphatic carbocycles. The Hall–Kier alpha value is -2.61. The van der Waals surface area contributed by atoms with Gasteiger partial charge in [0.05, 0.1) is 0 Å². The van der Waals surface area contributed by atoms with Gasteiger partial charge < -0.3 is 4.74 Å². The lowest BCUT2D eigenvalue weighted by molar-refractivity contribution is -0.137. The monoisotopic (exact) mass is 376 g/mol. The Morgan fingerprint density at radius 1 is 0.857 bits per heavy atom. The number of rotatable bonds is 8. The molecule has 2 rings (SSSR count). The summed E-state index contributed by atoms with van der Waals surface area (Å²) in [5, 5.41) is 0. The van der Waals surface area contributed by atoms with Crippen LogP contribution in [0.4, 0.5) is 0 Å². The van der Waals surface area contributed by atoms with Crippen LogP contribution in [-0.2, 0) is 9.53 Å². The Kier molecular flexibility index (Phi) is 8.25. The molecule has 2 aromatic rings. The Morgan fingerprint density at radius 3 is 1.82 bits per heavy atom. The van der Waals surface area contributed by atoms with Crippen LogP contribution >= 0.6 is 0 Å². The van der Waals surface area contributed by atoms with E-state index in [1.165, 1.54) is 11.1 Å². The summed E-state index contributed by atoms with van der Waals surface area (Å²) < 4.78 is 5.42. The molecule has 0 spiro atoms. The fourth-order valence-electron chi connectivity index (χ4n) is 2.88. The Morgan fingerprint density at radius 2 is 1.36 bits per heavy atom. The molecule has 0 fully saturated rings. The molecule has 0 saturated heterocycles. The Balaban J connectivity index is 1.92. The van der Waals surface area contributed by atoms with E-state index in [-0.39, 0.29) is 12.6 Å². The van der Waals surface area contributed by atoms with Crippen LogP contribution in [0.25, 0.3) is 12.2 Å². The smallest absolute Gasteiger partial charge is 0.334 e. The molecule has 148 valence electrons. The van der Waals surface area contributed by atoms with Gasteiger partial charge >= 0.3 is 5.97 Å². The quantitative estimate of drug-likeness (QED) is 0.367. The van der Waals surface area contributed by atoms with E-state index in [2.05, 4.69) is 76.2 Å². The van der Waals surface area contributed by atoms with Crippen LogP contribution in [0.15, 0.2) is 60.2 Å². The molecular weight excluding hydrogens is 344 g/mol. The van der Waals surface area contributed by atoms with Gasteiger partial charge in [0.2, 0.25) is 0 Å². The summed E-state index contributed by atoms with van der Waals surface area (Å²) in [6.07, 6.45) is 6.43. The van der Waals surface area contributed by atoms with E-state index in [4.69, 9.17) is 4.74 Å². The molecule has 2 nitrogen and oxygen atoms in total. The molecule has 0 aromatic heterocycles. The average molecular weight is 377 g/mol. The number of esters is 1. The molecule has 0 aliphatic heterocycles. The molecule has 2 heteroatoms. The van der Waals surface area contributed by atoms with Gasteiger partial charge in [-0.25, -0.2) is 4.79 Å². The highest BCUT2D eigenvalue weighted by Gasteiger charge is 2.08. The fourth-order valence-corrected chi connectivity index (χ4v) is 2.88. The van der Waals surface area contributed by atoms with Crippen LogP contribution in [0.3, 0.4) is 0 Å². The first-order valence-electron chi connectivity index (χ1n) is 10.1. The predicted molar refractivity (Wildman–Crippen MR) is 119 cm³/mol. The van der Waals surface area contributed by atoms with E-state index in [1.54, 1.807) is 0 Å². The zero-order valence-corrected chi connectivity index (χ0v) is 17.7. The topological polar surface area (TPSA) is 26.3 Å². The lowest BCUT2D eigenvalue weighted by Gasteiger charge is -2.07. The highest BCUT2D eigenvalue weighted by molar-refractivity contribution is 5.93. The third kappa shape index (κ3) is 6.53. The second-order valence-electron chi connectivity index (χ2n) is 7.67. The largest absolute Gasteiger partial charge is 0.458 e. The first-order chi connectivity index (χ1) is 13.4. The molecule has 0 radical (unpaired) electrons. The van der Waals surface area contributed by atoms with Crippen LogP contribution < -0.4 is 0 Å². The maximum Gasteiger partial charge on any atom is 0.334 e. The Labute approximate surface area is 169 Å². The summed E-state index contributed by atoms with van der Waals surface area (Å²) in [5.74, 6) is 0.775. The van der Waals surface area contributed by atoms with Crippen molar-refractivity contribution in [2.45, 2.75) is 52.9 Å². The zero-order chi connectivity index (χ0) is 20.5. The van der Waals surface area contributed by atoms with Crippen molar-refractivity contribution < 1.29 is 9.53 Å². The first-order valence-corrected chi connectivity index (χ1v) is 10.1. The van der Waals surface area contributed by atoms with Crippen molar-refractivity contribution in [3.05, 3.63) is 82.4 Å². The van der Waals surface area contributed by atoms with Gasteiger partial charge in [-0.15, -0.1) is 0 Å². The third-order valence-electron chi connectivity index (χ3n) is 4.81. The summed E-state index contributed by atoms with van der Waals surface area (Å²) in [6, 6.07) is 16.8. The van der Waals surface area contributed by atoms with Gasteiger partial charge in [-0.2, -0.15) is 0 Å². The number of ether oxygens (including phenoxy) is 1. The average Bonchev–Trinajstić information content (AvgIpc) is 2.69. The van der Waals surface area contributed by atoms with Crippen molar-refractivity contribution in [2.24, 2.45) is 0 Å². The van der Waals surface area contributed by atoms with Gasteiger partial charge in [-0.1, -0.05) is 89.2 Å². The SMILES string of the molecule is CC/C(=C\c1ccc(C(C)C)cc1)C(=O)OC/C=C/c1ccc(C(C)C)cc1. The van der Waals surface area contributed by atoms with Crippen molar-refractivity contribution in [1.82, 2.24) is 0 Å². The van der Waals surface area contributed by atoms with Crippen molar-refractivity contribution >= 4 is 18.1 Å². The lowest BCUT2D eigenvalue weighted by atomic mass is 10.0. The molecule has 0 heterocycles. The predicted octanol–water partition coefficient (Wildman–Crippen LogP) is 6.98. The van der Waals surface area contributed by atoms with E-state index in [0.717, 1.165) is 11.1 Å². The first kappa shape index (κ1) is 21.7. The van der Waals surface area contributed by atoms with Crippen LogP contribution in [0.5, 0.6) is 0 Å². The second-order valence-corrected chi connectivity index (χ2v) is 7.67. The molecule has 0 unspecified atom stereocenters. The maximum atomic E-state index is 12.4. The highest BCUT2D eigenvalue weighted by atomic mass is 16.5. The summed E-state index contributed by atoms with van der Waals surface area (Å²) in [6.45, 7) is 11.0. The standard InChI is InChI=1S/C26H32O2/c1-6-23(18-22-11-15-25(16-12-22)20(4)5)26(27)28-17-7-8-21-9-13-24(14-10-21)19(2)3/h7-16,18-20H,6,17H2,1-5H3/b8-7+,23-18+. The van der Waals surface area contributed by atoms with E-state index in [1.807, 2.05) is 25.2 Å². The maximum absolute atomic E-state index is 12.4. The van der Waals surface area contributed by atoms with Crippen LogP contribution in [0.1, 0.15) is 75.1 Å². The molecule has 0 atom stereocenters. The molecule has 2 aromatic carbocycles. The lowest BCUT2D eigenvalue weighted by Crippen LogP contribution is -2.07. The van der Waals surface area contributed by atoms with Crippen LogP contribution in [0.2, 0.25) is 0 Å². The van der Waals surface area contributed by atoms with E-state index in [0.29, 0.717) is 23.8 Å².